The summed E-state index contributed by atoms with van der Waals surface area (Å²) < 4.78 is 5.50. The molecule has 1 fully saturated rings. The monoisotopic (exact) mass is 250 g/mol. The molecule has 0 heterocycles. The van der Waals surface area contributed by atoms with Crippen LogP contribution in [0.4, 0.5) is 11.4 Å². The van der Waals surface area contributed by atoms with Crippen molar-refractivity contribution in [1.29, 1.82) is 0 Å². The summed E-state index contributed by atoms with van der Waals surface area (Å²) in [6, 6.07) is 4.88. The number of aromatic carboxylic acids is 1. The summed E-state index contributed by atoms with van der Waals surface area (Å²) in [5.41, 5.74) is 6.84. The van der Waals surface area contributed by atoms with Gasteiger partial charge in [-0.25, -0.2) is 4.79 Å². The van der Waals surface area contributed by atoms with Crippen LogP contribution in [0.3, 0.4) is 0 Å². The molecule has 1 aromatic carbocycles. The van der Waals surface area contributed by atoms with Crippen molar-refractivity contribution >= 4 is 17.3 Å². The molecule has 2 rings (SSSR count). The van der Waals surface area contributed by atoms with E-state index in [4.69, 9.17) is 15.6 Å². The van der Waals surface area contributed by atoms with Crippen molar-refractivity contribution in [3.63, 3.8) is 0 Å². The van der Waals surface area contributed by atoms with Gasteiger partial charge in [-0.2, -0.15) is 0 Å². The molecule has 1 saturated carbocycles. The highest BCUT2D eigenvalue weighted by Crippen LogP contribution is 2.35. The smallest absolute Gasteiger partial charge is 0.337 e. The van der Waals surface area contributed by atoms with Crippen LogP contribution in [0, 0.1) is 0 Å². The Balaban J connectivity index is 2.02. The first-order chi connectivity index (χ1) is 8.56. The van der Waals surface area contributed by atoms with Crippen molar-refractivity contribution < 1.29 is 14.6 Å². The normalized spacial score (nSPS) is 16.9. The Morgan fingerprint density at radius 3 is 2.72 bits per heavy atom. The molecule has 0 unspecified atom stereocenters. The predicted octanol–water partition coefficient (Wildman–Crippen LogP) is 1.95. The van der Waals surface area contributed by atoms with E-state index in [1.165, 1.54) is 12.5 Å². The maximum absolute atomic E-state index is 10.8. The number of nitrogens with two attached hydrogens (primary N) is 1. The molecule has 1 aliphatic carbocycles. The summed E-state index contributed by atoms with van der Waals surface area (Å²) in [5, 5.41) is 12.1. The molecule has 0 saturated heterocycles. The minimum Gasteiger partial charge on any atom is -0.478 e. The van der Waals surface area contributed by atoms with Crippen molar-refractivity contribution in [2.45, 2.75) is 24.9 Å². The maximum atomic E-state index is 10.8. The van der Waals surface area contributed by atoms with E-state index < -0.39 is 5.97 Å². The zero-order valence-electron chi connectivity index (χ0n) is 10.4. The van der Waals surface area contributed by atoms with Crippen LogP contribution in [0.15, 0.2) is 18.2 Å². The van der Waals surface area contributed by atoms with Crippen LogP contribution < -0.4 is 11.1 Å². The van der Waals surface area contributed by atoms with Crippen LogP contribution in [0.25, 0.3) is 0 Å². The van der Waals surface area contributed by atoms with Gasteiger partial charge in [0.1, 0.15) is 0 Å². The minimum absolute atomic E-state index is 0.0692. The summed E-state index contributed by atoms with van der Waals surface area (Å²) in [6.07, 6.45) is 3.30. The van der Waals surface area contributed by atoms with E-state index in [1.807, 2.05) is 0 Å². The Morgan fingerprint density at radius 2 is 2.28 bits per heavy atom. The number of rotatable bonds is 5. The average Bonchev–Trinajstić information content (AvgIpc) is 2.27. The van der Waals surface area contributed by atoms with Crippen LogP contribution in [-0.4, -0.2) is 30.3 Å². The van der Waals surface area contributed by atoms with Crippen molar-refractivity contribution in [2.24, 2.45) is 0 Å². The summed E-state index contributed by atoms with van der Waals surface area (Å²) in [6.45, 7) is 0.718. The molecule has 98 valence electrons. The van der Waals surface area contributed by atoms with Gasteiger partial charge < -0.3 is 20.9 Å². The van der Waals surface area contributed by atoms with Gasteiger partial charge in [0.25, 0.3) is 0 Å². The van der Waals surface area contributed by atoms with Crippen LogP contribution >= 0.6 is 0 Å². The third-order valence-electron chi connectivity index (χ3n) is 3.59. The van der Waals surface area contributed by atoms with Crippen molar-refractivity contribution in [3.05, 3.63) is 23.8 Å². The lowest BCUT2D eigenvalue weighted by Gasteiger charge is -2.40. The second kappa shape index (κ2) is 4.86. The molecule has 0 aromatic heterocycles. The van der Waals surface area contributed by atoms with Gasteiger partial charge in [0.15, 0.2) is 0 Å². The highest BCUT2D eigenvalue weighted by molar-refractivity contribution is 5.94. The Hall–Kier alpha value is -1.75. The Labute approximate surface area is 106 Å². The lowest BCUT2D eigenvalue weighted by molar-refractivity contribution is -0.0601. The Morgan fingerprint density at radius 1 is 1.56 bits per heavy atom. The lowest BCUT2D eigenvalue weighted by Crippen LogP contribution is -2.45. The molecule has 1 aromatic rings. The van der Waals surface area contributed by atoms with Crippen molar-refractivity contribution in [2.75, 3.05) is 24.7 Å². The lowest BCUT2D eigenvalue weighted by atomic mass is 9.80. The molecule has 18 heavy (non-hydrogen) atoms. The van der Waals surface area contributed by atoms with E-state index in [-0.39, 0.29) is 16.9 Å². The van der Waals surface area contributed by atoms with Gasteiger partial charge in [-0.15, -0.1) is 0 Å². The minimum atomic E-state index is -1.01. The molecule has 0 amide bonds. The molecular formula is C13H18N2O3. The van der Waals surface area contributed by atoms with E-state index in [2.05, 4.69) is 5.32 Å². The molecule has 0 aliphatic heterocycles. The second-order valence-corrected chi connectivity index (χ2v) is 4.70. The van der Waals surface area contributed by atoms with Gasteiger partial charge in [0.05, 0.1) is 11.2 Å². The highest BCUT2D eigenvalue weighted by atomic mass is 16.5. The topological polar surface area (TPSA) is 84.6 Å². The van der Waals surface area contributed by atoms with Crippen LogP contribution in [0.5, 0.6) is 0 Å². The number of nitrogens with one attached hydrogen (secondary N) is 1. The number of hydrogen-bond donors (Lipinski definition) is 3. The summed E-state index contributed by atoms with van der Waals surface area (Å²) in [5.74, 6) is -1.01. The molecule has 5 nitrogen and oxygen atoms in total. The maximum Gasteiger partial charge on any atom is 0.337 e. The fraction of sp³-hybridized carbons (Fsp3) is 0.462. The van der Waals surface area contributed by atoms with Gasteiger partial charge in [-0.05, 0) is 37.5 Å². The number of anilines is 2. The van der Waals surface area contributed by atoms with Gasteiger partial charge in [0.2, 0.25) is 0 Å². The molecule has 0 radical (unpaired) electrons. The zero-order chi connectivity index (χ0) is 13.2. The quantitative estimate of drug-likeness (QED) is 0.695. The third kappa shape index (κ3) is 2.41. The largest absolute Gasteiger partial charge is 0.478 e. The SMILES string of the molecule is COC1(CNc2ccc(C(=O)O)c(N)c2)CCC1. The van der Waals surface area contributed by atoms with E-state index in [0.29, 0.717) is 0 Å². The zero-order valence-corrected chi connectivity index (χ0v) is 10.4. The van der Waals surface area contributed by atoms with E-state index in [1.54, 1.807) is 19.2 Å². The van der Waals surface area contributed by atoms with Gasteiger partial charge >= 0.3 is 5.97 Å². The Kier molecular flexibility index (Phi) is 3.43. The molecule has 4 N–H and O–H groups in total. The average molecular weight is 250 g/mol. The molecule has 0 atom stereocenters. The van der Waals surface area contributed by atoms with E-state index >= 15 is 0 Å². The number of methoxy groups -OCH3 is 1. The number of benzene rings is 1. The first-order valence-corrected chi connectivity index (χ1v) is 5.98. The van der Waals surface area contributed by atoms with Crippen molar-refractivity contribution in [1.82, 2.24) is 0 Å². The second-order valence-electron chi connectivity index (χ2n) is 4.70. The summed E-state index contributed by atoms with van der Waals surface area (Å²) >= 11 is 0. The van der Waals surface area contributed by atoms with E-state index in [9.17, 15) is 4.79 Å². The number of nitrogen functional groups attached to an aromatic ring is 1. The summed E-state index contributed by atoms with van der Waals surface area (Å²) in [4.78, 5) is 10.8. The predicted molar refractivity (Wildman–Crippen MR) is 69.9 cm³/mol. The van der Waals surface area contributed by atoms with Gasteiger partial charge in [-0.3, -0.25) is 0 Å². The number of hydrogen-bond acceptors (Lipinski definition) is 4. The molecule has 0 bridgehead atoms. The highest BCUT2D eigenvalue weighted by Gasteiger charge is 2.36. The fourth-order valence-corrected chi connectivity index (χ4v) is 2.15. The number of carbonyl (C=O) groups is 1. The summed E-state index contributed by atoms with van der Waals surface area (Å²) in [7, 11) is 1.72. The van der Waals surface area contributed by atoms with E-state index in [0.717, 1.165) is 25.1 Å². The molecular weight excluding hydrogens is 232 g/mol. The first-order valence-electron chi connectivity index (χ1n) is 5.98. The van der Waals surface area contributed by atoms with Crippen molar-refractivity contribution in [3.8, 4) is 0 Å². The molecule has 1 aliphatic rings. The number of carboxylic acid groups (broad SMARTS) is 1. The van der Waals surface area contributed by atoms with Crippen LogP contribution in [0.2, 0.25) is 0 Å². The van der Waals surface area contributed by atoms with Gasteiger partial charge in [-0.1, -0.05) is 0 Å². The third-order valence-corrected chi connectivity index (χ3v) is 3.59. The van der Waals surface area contributed by atoms with Crippen LogP contribution in [0.1, 0.15) is 29.6 Å². The number of carboxylic acids is 1. The first kappa shape index (κ1) is 12.7. The van der Waals surface area contributed by atoms with Gasteiger partial charge in [0, 0.05) is 25.0 Å². The molecule has 0 spiro atoms. The fourth-order valence-electron chi connectivity index (χ4n) is 2.15. The Bertz CT molecular complexity index is 450. The standard InChI is InChI=1S/C13H18N2O3/c1-18-13(5-2-6-13)8-15-9-3-4-10(12(16)17)11(14)7-9/h3-4,7,15H,2,5-6,8,14H2,1H3,(H,16,17). The van der Waals surface area contributed by atoms with Crippen LogP contribution in [-0.2, 0) is 4.74 Å². The number of ether oxygens (including phenoxy) is 1. The molecule has 5 heteroatoms.